The molecule has 2 heterocycles. The van der Waals surface area contributed by atoms with Crippen LogP contribution in [0.4, 0.5) is 5.82 Å². The van der Waals surface area contributed by atoms with Crippen LogP contribution in [0.3, 0.4) is 0 Å². The van der Waals surface area contributed by atoms with E-state index in [-0.39, 0.29) is 17.7 Å². The summed E-state index contributed by atoms with van der Waals surface area (Å²) in [5.74, 6) is 0.823. The average Bonchev–Trinajstić information content (AvgIpc) is 2.58. The standard InChI is InChI=1S/C11H15N5O2/c1-7-8(11(12-2)15(3)13-7)6-16-10(18)5-4-9(17)14-16/h4-5,12H,6H2,1-3H3,(H,14,17). The van der Waals surface area contributed by atoms with Crippen LogP contribution >= 0.6 is 0 Å². The number of H-pyrrole nitrogens is 1. The molecule has 0 saturated carbocycles. The van der Waals surface area contributed by atoms with Gasteiger partial charge in [-0.3, -0.25) is 19.4 Å². The maximum Gasteiger partial charge on any atom is 0.265 e. The van der Waals surface area contributed by atoms with Crippen molar-refractivity contribution in [2.45, 2.75) is 13.5 Å². The first-order chi connectivity index (χ1) is 8.52. The van der Waals surface area contributed by atoms with E-state index < -0.39 is 0 Å². The number of anilines is 1. The summed E-state index contributed by atoms with van der Waals surface area (Å²) in [6, 6.07) is 2.47. The van der Waals surface area contributed by atoms with E-state index in [2.05, 4.69) is 15.5 Å². The third kappa shape index (κ3) is 2.06. The van der Waals surface area contributed by atoms with Gasteiger partial charge in [-0.25, -0.2) is 4.68 Å². The largest absolute Gasteiger partial charge is 0.373 e. The molecular weight excluding hydrogens is 234 g/mol. The van der Waals surface area contributed by atoms with Gasteiger partial charge in [-0.05, 0) is 6.92 Å². The maximum atomic E-state index is 11.6. The zero-order valence-corrected chi connectivity index (χ0v) is 10.5. The first kappa shape index (κ1) is 12.2. The molecule has 7 nitrogen and oxygen atoms in total. The molecule has 2 rings (SSSR count). The lowest BCUT2D eigenvalue weighted by Crippen LogP contribution is -2.28. The number of aromatic nitrogens is 4. The van der Waals surface area contributed by atoms with Crippen LogP contribution in [0.2, 0.25) is 0 Å². The van der Waals surface area contributed by atoms with Crippen molar-refractivity contribution in [3.63, 3.8) is 0 Å². The van der Waals surface area contributed by atoms with Crippen molar-refractivity contribution in [2.75, 3.05) is 12.4 Å². The number of hydrogen-bond acceptors (Lipinski definition) is 4. The van der Waals surface area contributed by atoms with Gasteiger partial charge in [0.25, 0.3) is 11.1 Å². The second-order valence-electron chi connectivity index (χ2n) is 4.02. The molecule has 96 valence electrons. The molecule has 0 aliphatic carbocycles. The smallest absolute Gasteiger partial charge is 0.265 e. The Kier molecular flexibility index (Phi) is 3.05. The van der Waals surface area contributed by atoms with Crippen molar-refractivity contribution in [3.05, 3.63) is 44.1 Å². The summed E-state index contributed by atoms with van der Waals surface area (Å²) in [5.41, 5.74) is 1.14. The predicted octanol–water partition coefficient (Wildman–Crippen LogP) is -0.331. The van der Waals surface area contributed by atoms with E-state index in [1.807, 2.05) is 14.0 Å². The molecule has 18 heavy (non-hydrogen) atoms. The van der Waals surface area contributed by atoms with Crippen LogP contribution in [-0.4, -0.2) is 26.6 Å². The van der Waals surface area contributed by atoms with Crippen molar-refractivity contribution >= 4 is 5.82 Å². The minimum atomic E-state index is -0.304. The van der Waals surface area contributed by atoms with E-state index in [0.717, 1.165) is 17.1 Å². The Morgan fingerprint density at radius 1 is 1.39 bits per heavy atom. The Morgan fingerprint density at radius 2 is 2.11 bits per heavy atom. The number of rotatable bonds is 3. The molecule has 2 aromatic rings. The number of aromatic amines is 1. The van der Waals surface area contributed by atoms with E-state index in [0.29, 0.717) is 0 Å². The van der Waals surface area contributed by atoms with Gasteiger partial charge in [0.05, 0.1) is 12.2 Å². The summed E-state index contributed by atoms with van der Waals surface area (Å²) in [6.07, 6.45) is 0. The van der Waals surface area contributed by atoms with Gasteiger partial charge in [0.15, 0.2) is 0 Å². The van der Waals surface area contributed by atoms with E-state index in [9.17, 15) is 9.59 Å². The average molecular weight is 249 g/mol. The Morgan fingerprint density at radius 3 is 2.78 bits per heavy atom. The van der Waals surface area contributed by atoms with Crippen LogP contribution < -0.4 is 16.4 Å². The number of hydrogen-bond donors (Lipinski definition) is 2. The summed E-state index contributed by atoms with van der Waals surface area (Å²) in [7, 11) is 3.61. The monoisotopic (exact) mass is 249 g/mol. The molecule has 7 heteroatoms. The quantitative estimate of drug-likeness (QED) is 0.780. The Labute approximate surface area is 103 Å². The van der Waals surface area contributed by atoms with Gasteiger partial charge >= 0.3 is 0 Å². The fourth-order valence-electron chi connectivity index (χ4n) is 1.94. The van der Waals surface area contributed by atoms with Gasteiger partial charge in [-0.1, -0.05) is 0 Å². The van der Waals surface area contributed by atoms with Gasteiger partial charge in [-0.2, -0.15) is 5.10 Å². The highest BCUT2D eigenvalue weighted by atomic mass is 16.1. The normalized spacial score (nSPS) is 10.6. The topological polar surface area (TPSA) is 84.7 Å². The van der Waals surface area contributed by atoms with Crippen LogP contribution in [0.25, 0.3) is 0 Å². The molecule has 0 spiro atoms. The van der Waals surface area contributed by atoms with Gasteiger partial charge in [0.2, 0.25) is 0 Å². The minimum Gasteiger partial charge on any atom is -0.373 e. The molecule has 0 amide bonds. The first-order valence-electron chi connectivity index (χ1n) is 5.53. The van der Waals surface area contributed by atoms with Gasteiger partial charge < -0.3 is 5.32 Å². The molecule has 0 radical (unpaired) electrons. The van der Waals surface area contributed by atoms with Gasteiger partial charge in [0, 0.05) is 31.8 Å². The Hall–Kier alpha value is -2.31. The zero-order valence-electron chi connectivity index (χ0n) is 10.5. The third-order valence-corrected chi connectivity index (χ3v) is 2.79. The predicted molar refractivity (Wildman–Crippen MR) is 67.9 cm³/mol. The molecule has 0 unspecified atom stereocenters. The molecule has 2 aromatic heterocycles. The van der Waals surface area contributed by atoms with Crippen molar-refractivity contribution < 1.29 is 0 Å². The van der Waals surface area contributed by atoms with Crippen molar-refractivity contribution in [2.24, 2.45) is 7.05 Å². The van der Waals surface area contributed by atoms with E-state index >= 15 is 0 Å². The lowest BCUT2D eigenvalue weighted by Gasteiger charge is -2.07. The van der Waals surface area contributed by atoms with E-state index in [4.69, 9.17) is 0 Å². The number of nitrogens with one attached hydrogen (secondary N) is 2. The molecule has 0 aromatic carbocycles. The molecule has 2 N–H and O–H groups in total. The van der Waals surface area contributed by atoms with Crippen molar-refractivity contribution in [3.8, 4) is 0 Å². The molecule has 0 aliphatic rings. The lowest BCUT2D eigenvalue weighted by molar-refractivity contribution is 0.626. The molecule has 0 atom stereocenters. The summed E-state index contributed by atoms with van der Waals surface area (Å²) >= 11 is 0. The second kappa shape index (κ2) is 4.52. The lowest BCUT2D eigenvalue weighted by atomic mass is 10.2. The molecule has 0 fully saturated rings. The van der Waals surface area contributed by atoms with E-state index in [1.165, 1.54) is 16.8 Å². The second-order valence-corrected chi connectivity index (χ2v) is 4.02. The van der Waals surface area contributed by atoms with Crippen LogP contribution in [0.5, 0.6) is 0 Å². The maximum absolute atomic E-state index is 11.6. The van der Waals surface area contributed by atoms with E-state index in [1.54, 1.807) is 11.7 Å². The summed E-state index contributed by atoms with van der Waals surface area (Å²) in [5, 5.41) is 9.80. The highest BCUT2D eigenvalue weighted by Crippen LogP contribution is 2.18. The zero-order chi connectivity index (χ0) is 13.3. The van der Waals surface area contributed by atoms with Crippen LogP contribution in [0.1, 0.15) is 11.3 Å². The van der Waals surface area contributed by atoms with Crippen LogP contribution in [0.15, 0.2) is 21.7 Å². The fourth-order valence-corrected chi connectivity index (χ4v) is 1.94. The highest BCUT2D eigenvalue weighted by Gasteiger charge is 2.13. The first-order valence-corrected chi connectivity index (χ1v) is 5.53. The number of nitrogens with zero attached hydrogens (tertiary/aromatic N) is 3. The number of aryl methyl sites for hydroxylation is 2. The van der Waals surface area contributed by atoms with Crippen LogP contribution in [0, 0.1) is 6.92 Å². The molecule has 0 aliphatic heterocycles. The summed E-state index contributed by atoms with van der Waals surface area (Å²) in [4.78, 5) is 22.9. The Bertz CT molecular complexity index is 679. The van der Waals surface area contributed by atoms with Crippen molar-refractivity contribution in [1.82, 2.24) is 19.6 Å². The summed E-state index contributed by atoms with van der Waals surface area (Å²) < 4.78 is 2.98. The fraction of sp³-hybridized carbons (Fsp3) is 0.364. The minimum absolute atomic E-state index is 0.250. The van der Waals surface area contributed by atoms with Crippen LogP contribution in [-0.2, 0) is 13.6 Å². The van der Waals surface area contributed by atoms with Gasteiger partial charge in [0.1, 0.15) is 5.82 Å². The SMILES string of the molecule is CNc1c(Cn2[nH]c(=O)ccc2=O)c(C)nn1C. The van der Waals surface area contributed by atoms with Gasteiger partial charge in [-0.15, -0.1) is 0 Å². The molecule has 0 bridgehead atoms. The van der Waals surface area contributed by atoms with Crippen molar-refractivity contribution in [1.29, 1.82) is 0 Å². The third-order valence-electron chi connectivity index (χ3n) is 2.79. The Balaban J connectivity index is 2.49. The molecular formula is C11H15N5O2. The highest BCUT2D eigenvalue weighted by molar-refractivity contribution is 5.46. The summed E-state index contributed by atoms with van der Waals surface area (Å²) in [6.45, 7) is 2.15. The molecule has 0 saturated heterocycles.